The summed E-state index contributed by atoms with van der Waals surface area (Å²) in [7, 11) is 0. The molecular formula is C14H19FN4O. The minimum Gasteiger partial charge on any atom is -0.341 e. The van der Waals surface area contributed by atoms with Crippen molar-refractivity contribution in [2.24, 2.45) is 11.7 Å². The van der Waals surface area contributed by atoms with Crippen LogP contribution >= 0.6 is 0 Å². The average molecular weight is 278 g/mol. The van der Waals surface area contributed by atoms with Crippen LogP contribution in [0.5, 0.6) is 0 Å². The first-order valence-electron chi connectivity index (χ1n) is 6.94. The number of rotatable bonds is 2. The third-order valence-corrected chi connectivity index (χ3v) is 4.08. The highest BCUT2D eigenvalue weighted by Crippen LogP contribution is 2.29. The quantitative estimate of drug-likeness (QED) is 0.720. The van der Waals surface area contributed by atoms with E-state index in [2.05, 4.69) is 10.9 Å². The van der Waals surface area contributed by atoms with Crippen LogP contribution in [0, 0.1) is 11.7 Å². The molecule has 0 aromatic heterocycles. The van der Waals surface area contributed by atoms with Crippen molar-refractivity contribution in [2.45, 2.75) is 18.5 Å². The molecule has 6 heteroatoms. The molecule has 2 aliphatic heterocycles. The highest BCUT2D eigenvalue weighted by molar-refractivity contribution is 5.80. The lowest BCUT2D eigenvalue weighted by molar-refractivity contribution is -0.134. The molecule has 0 spiro atoms. The fourth-order valence-corrected chi connectivity index (χ4v) is 2.97. The zero-order valence-electron chi connectivity index (χ0n) is 11.2. The van der Waals surface area contributed by atoms with E-state index >= 15 is 0 Å². The van der Waals surface area contributed by atoms with Gasteiger partial charge in [0.1, 0.15) is 5.82 Å². The molecule has 4 N–H and O–H groups in total. The number of carbonyl (C=O) groups excluding carboxylic acids is 1. The van der Waals surface area contributed by atoms with Crippen LogP contribution in [0.15, 0.2) is 24.3 Å². The molecule has 3 rings (SSSR count). The SMILES string of the molecule is N[C@@H]1CCN(C(=O)C2CNNC2c2ccccc2F)C1. The van der Waals surface area contributed by atoms with Gasteiger partial charge in [-0.15, -0.1) is 0 Å². The summed E-state index contributed by atoms with van der Waals surface area (Å²) < 4.78 is 13.9. The Hall–Kier alpha value is -1.50. The van der Waals surface area contributed by atoms with E-state index in [1.165, 1.54) is 6.07 Å². The van der Waals surface area contributed by atoms with Gasteiger partial charge in [0.15, 0.2) is 0 Å². The van der Waals surface area contributed by atoms with Gasteiger partial charge in [-0.2, -0.15) is 0 Å². The first-order valence-corrected chi connectivity index (χ1v) is 6.94. The van der Waals surface area contributed by atoms with Crippen LogP contribution in [0.4, 0.5) is 4.39 Å². The van der Waals surface area contributed by atoms with Gasteiger partial charge in [-0.25, -0.2) is 9.82 Å². The smallest absolute Gasteiger partial charge is 0.229 e. The van der Waals surface area contributed by atoms with Crippen molar-refractivity contribution < 1.29 is 9.18 Å². The van der Waals surface area contributed by atoms with Gasteiger partial charge in [-0.05, 0) is 12.5 Å². The molecule has 1 amide bonds. The Morgan fingerprint density at radius 3 is 2.90 bits per heavy atom. The van der Waals surface area contributed by atoms with Crippen molar-refractivity contribution in [3.05, 3.63) is 35.6 Å². The van der Waals surface area contributed by atoms with E-state index in [0.29, 0.717) is 25.2 Å². The van der Waals surface area contributed by atoms with Gasteiger partial charge in [0.05, 0.1) is 12.0 Å². The Labute approximate surface area is 117 Å². The number of nitrogens with one attached hydrogen (secondary N) is 2. The second kappa shape index (κ2) is 5.47. The Bertz CT molecular complexity index is 510. The number of carbonyl (C=O) groups is 1. The van der Waals surface area contributed by atoms with Gasteiger partial charge in [0.2, 0.25) is 5.91 Å². The molecule has 20 heavy (non-hydrogen) atoms. The number of halogens is 1. The fourth-order valence-electron chi connectivity index (χ4n) is 2.97. The summed E-state index contributed by atoms with van der Waals surface area (Å²) in [4.78, 5) is 14.3. The molecule has 2 unspecified atom stereocenters. The molecule has 0 aliphatic carbocycles. The monoisotopic (exact) mass is 278 g/mol. The van der Waals surface area contributed by atoms with E-state index < -0.39 is 0 Å². The summed E-state index contributed by atoms with van der Waals surface area (Å²) in [5.74, 6) is -0.537. The highest BCUT2D eigenvalue weighted by atomic mass is 19.1. The molecule has 2 heterocycles. The van der Waals surface area contributed by atoms with Gasteiger partial charge in [0, 0.05) is 31.2 Å². The summed E-state index contributed by atoms with van der Waals surface area (Å²) in [5, 5.41) is 0. The zero-order valence-corrected chi connectivity index (χ0v) is 11.2. The molecule has 5 nitrogen and oxygen atoms in total. The lowest BCUT2D eigenvalue weighted by Crippen LogP contribution is -2.39. The lowest BCUT2D eigenvalue weighted by Gasteiger charge is -2.24. The Morgan fingerprint density at radius 1 is 1.40 bits per heavy atom. The van der Waals surface area contributed by atoms with Crippen molar-refractivity contribution >= 4 is 5.91 Å². The lowest BCUT2D eigenvalue weighted by atomic mass is 9.93. The van der Waals surface area contributed by atoms with Gasteiger partial charge < -0.3 is 10.6 Å². The summed E-state index contributed by atoms with van der Waals surface area (Å²) in [6, 6.07) is 6.30. The molecule has 1 aromatic carbocycles. The van der Waals surface area contributed by atoms with Crippen molar-refractivity contribution in [3.8, 4) is 0 Å². The molecule has 0 radical (unpaired) electrons. The molecule has 0 bridgehead atoms. The van der Waals surface area contributed by atoms with E-state index in [1.54, 1.807) is 23.1 Å². The second-order valence-corrected chi connectivity index (χ2v) is 5.46. The molecule has 108 valence electrons. The highest BCUT2D eigenvalue weighted by Gasteiger charge is 2.39. The number of hydrogen-bond acceptors (Lipinski definition) is 4. The van der Waals surface area contributed by atoms with Crippen LogP contribution in [0.2, 0.25) is 0 Å². The maximum atomic E-state index is 13.9. The third-order valence-electron chi connectivity index (χ3n) is 4.08. The maximum Gasteiger partial charge on any atom is 0.229 e. The number of hydrogen-bond donors (Lipinski definition) is 3. The first kappa shape index (κ1) is 13.5. The minimum atomic E-state index is -0.333. The van der Waals surface area contributed by atoms with E-state index in [0.717, 1.165) is 6.42 Å². The Morgan fingerprint density at radius 2 is 2.20 bits per heavy atom. The average Bonchev–Trinajstić information content (AvgIpc) is 3.07. The first-order chi connectivity index (χ1) is 9.66. The van der Waals surface area contributed by atoms with E-state index in [4.69, 9.17) is 5.73 Å². The summed E-state index contributed by atoms with van der Waals surface area (Å²) in [6.45, 7) is 1.80. The molecule has 2 saturated heterocycles. The normalized spacial score (nSPS) is 29.9. The van der Waals surface area contributed by atoms with E-state index in [1.807, 2.05) is 0 Å². The Kier molecular flexibility index (Phi) is 3.69. The van der Waals surface area contributed by atoms with Crippen LogP contribution < -0.4 is 16.6 Å². The van der Waals surface area contributed by atoms with E-state index in [9.17, 15) is 9.18 Å². The molecule has 0 saturated carbocycles. The van der Waals surface area contributed by atoms with Gasteiger partial charge in [-0.1, -0.05) is 18.2 Å². The van der Waals surface area contributed by atoms with Gasteiger partial charge in [-0.3, -0.25) is 10.2 Å². The standard InChI is InChI=1S/C14H19FN4O/c15-12-4-2-1-3-10(12)13-11(7-17-18-13)14(20)19-6-5-9(16)8-19/h1-4,9,11,13,17-18H,5-8,16H2/t9-,11?,13?/m1/s1. The van der Waals surface area contributed by atoms with Crippen molar-refractivity contribution in [2.75, 3.05) is 19.6 Å². The number of nitrogens with zero attached hydrogens (tertiary/aromatic N) is 1. The molecule has 3 atom stereocenters. The van der Waals surface area contributed by atoms with Crippen molar-refractivity contribution in [1.29, 1.82) is 0 Å². The third kappa shape index (κ3) is 2.42. The van der Waals surface area contributed by atoms with Crippen molar-refractivity contribution in [1.82, 2.24) is 15.8 Å². The maximum absolute atomic E-state index is 13.9. The number of likely N-dealkylation sites (tertiary alicyclic amines) is 1. The van der Waals surface area contributed by atoms with Crippen LogP contribution in [0.25, 0.3) is 0 Å². The number of nitrogens with two attached hydrogens (primary N) is 1. The molecule has 2 aliphatic rings. The van der Waals surface area contributed by atoms with Gasteiger partial charge >= 0.3 is 0 Å². The van der Waals surface area contributed by atoms with Crippen LogP contribution in [-0.4, -0.2) is 36.5 Å². The number of hydrazine groups is 1. The van der Waals surface area contributed by atoms with Gasteiger partial charge in [0.25, 0.3) is 0 Å². The molecular weight excluding hydrogens is 259 g/mol. The number of amides is 1. The summed E-state index contributed by atoms with van der Waals surface area (Å²) in [6.07, 6.45) is 0.837. The second-order valence-electron chi connectivity index (χ2n) is 5.46. The van der Waals surface area contributed by atoms with E-state index in [-0.39, 0.29) is 29.7 Å². The van der Waals surface area contributed by atoms with Crippen LogP contribution in [0.1, 0.15) is 18.0 Å². The molecule has 2 fully saturated rings. The minimum absolute atomic E-state index is 0.0451. The fraction of sp³-hybridized carbons (Fsp3) is 0.500. The Balaban J connectivity index is 1.79. The predicted octanol–water partition coefficient (Wildman–Crippen LogP) is 0.150. The summed E-state index contributed by atoms with van der Waals surface area (Å²) in [5.41, 5.74) is 12.4. The topological polar surface area (TPSA) is 70.4 Å². The van der Waals surface area contributed by atoms with Crippen LogP contribution in [-0.2, 0) is 4.79 Å². The molecule has 1 aromatic rings. The van der Waals surface area contributed by atoms with Crippen molar-refractivity contribution in [3.63, 3.8) is 0 Å². The summed E-state index contributed by atoms with van der Waals surface area (Å²) >= 11 is 0. The predicted molar refractivity (Wildman–Crippen MR) is 72.9 cm³/mol. The largest absolute Gasteiger partial charge is 0.341 e. The number of benzene rings is 1. The zero-order chi connectivity index (χ0) is 14.1. The van der Waals surface area contributed by atoms with Crippen LogP contribution in [0.3, 0.4) is 0 Å².